The summed E-state index contributed by atoms with van der Waals surface area (Å²) < 4.78 is 27.8. The van der Waals surface area contributed by atoms with E-state index in [1.807, 2.05) is 38.1 Å². The predicted octanol–water partition coefficient (Wildman–Crippen LogP) is 1.65. The van der Waals surface area contributed by atoms with Gasteiger partial charge in [0, 0.05) is 18.3 Å². The Kier molecular flexibility index (Phi) is 5.82. The van der Waals surface area contributed by atoms with Gasteiger partial charge in [-0.1, -0.05) is 18.2 Å². The molecule has 0 radical (unpaired) electrons. The van der Waals surface area contributed by atoms with E-state index in [4.69, 9.17) is 4.74 Å². The van der Waals surface area contributed by atoms with Crippen molar-refractivity contribution in [1.82, 2.24) is 5.32 Å². The molecule has 0 aliphatic carbocycles. The van der Waals surface area contributed by atoms with E-state index < -0.39 is 9.84 Å². The fourth-order valence-electron chi connectivity index (χ4n) is 2.25. The lowest BCUT2D eigenvalue weighted by atomic mass is 10.1. The van der Waals surface area contributed by atoms with Crippen molar-refractivity contribution in [1.29, 1.82) is 0 Å². The van der Waals surface area contributed by atoms with Gasteiger partial charge >= 0.3 is 0 Å². The molecule has 0 heterocycles. The van der Waals surface area contributed by atoms with E-state index >= 15 is 0 Å². The first-order valence-corrected chi connectivity index (χ1v) is 8.43. The molecule has 19 heavy (non-hydrogen) atoms. The second-order valence-electron chi connectivity index (χ2n) is 5.08. The van der Waals surface area contributed by atoms with Crippen LogP contribution in [0.3, 0.4) is 0 Å². The maximum Gasteiger partial charge on any atom is 0.148 e. The molecule has 0 saturated heterocycles. The molecule has 1 rings (SSSR count). The van der Waals surface area contributed by atoms with Gasteiger partial charge in [0.15, 0.2) is 0 Å². The Morgan fingerprint density at radius 1 is 1.21 bits per heavy atom. The third kappa shape index (κ3) is 6.07. The van der Waals surface area contributed by atoms with Gasteiger partial charge in [-0.2, -0.15) is 0 Å². The Bertz CT molecular complexity index is 499. The van der Waals surface area contributed by atoms with E-state index in [0.29, 0.717) is 0 Å². The molecule has 1 aromatic carbocycles. The summed E-state index contributed by atoms with van der Waals surface area (Å²) in [6, 6.07) is 8.00. The second kappa shape index (κ2) is 6.91. The summed E-state index contributed by atoms with van der Waals surface area (Å²) in [5, 5.41) is 3.30. The van der Waals surface area contributed by atoms with Crippen molar-refractivity contribution in [2.45, 2.75) is 32.4 Å². The molecule has 108 valence electrons. The third-order valence-corrected chi connectivity index (χ3v) is 3.95. The number of nitrogens with one attached hydrogen (secondary N) is 1. The van der Waals surface area contributed by atoms with E-state index in [1.165, 1.54) is 6.26 Å². The lowest BCUT2D eigenvalue weighted by Crippen LogP contribution is -2.39. The Morgan fingerprint density at radius 3 is 2.42 bits per heavy atom. The monoisotopic (exact) mass is 285 g/mol. The number of hydrogen-bond acceptors (Lipinski definition) is 4. The highest BCUT2D eigenvalue weighted by Crippen LogP contribution is 2.18. The van der Waals surface area contributed by atoms with Crippen LogP contribution in [0, 0.1) is 0 Å². The zero-order valence-corrected chi connectivity index (χ0v) is 12.8. The van der Waals surface area contributed by atoms with Crippen LogP contribution < -0.4 is 10.1 Å². The maximum absolute atomic E-state index is 11.2. The van der Waals surface area contributed by atoms with Crippen LogP contribution in [0.15, 0.2) is 24.3 Å². The normalized spacial score (nSPS) is 14.9. The molecule has 1 N–H and O–H groups in total. The van der Waals surface area contributed by atoms with Gasteiger partial charge in [0.1, 0.15) is 15.6 Å². The standard InChI is InChI=1S/C14H23NO3S/c1-11(15-12(2)10-19(4,16)17)9-13-7-5-6-8-14(13)18-3/h5-8,11-12,15H,9-10H2,1-4H3. The molecule has 2 atom stereocenters. The van der Waals surface area contributed by atoms with Gasteiger partial charge in [-0.15, -0.1) is 0 Å². The van der Waals surface area contributed by atoms with Crippen molar-refractivity contribution >= 4 is 9.84 Å². The first-order chi connectivity index (χ1) is 8.81. The number of hydrogen-bond donors (Lipinski definition) is 1. The predicted molar refractivity (Wildman–Crippen MR) is 78.5 cm³/mol. The minimum Gasteiger partial charge on any atom is -0.496 e. The van der Waals surface area contributed by atoms with Gasteiger partial charge in [0.05, 0.1) is 12.9 Å². The fourth-order valence-corrected chi connectivity index (χ4v) is 3.25. The van der Waals surface area contributed by atoms with Crippen LogP contribution in [0.5, 0.6) is 5.75 Å². The molecule has 0 saturated carbocycles. The smallest absolute Gasteiger partial charge is 0.148 e. The summed E-state index contributed by atoms with van der Waals surface area (Å²) >= 11 is 0. The van der Waals surface area contributed by atoms with E-state index in [9.17, 15) is 8.42 Å². The molecule has 0 aliphatic heterocycles. The van der Waals surface area contributed by atoms with E-state index in [1.54, 1.807) is 7.11 Å². The van der Waals surface area contributed by atoms with Crippen molar-refractivity contribution in [3.05, 3.63) is 29.8 Å². The lowest BCUT2D eigenvalue weighted by molar-refractivity contribution is 0.404. The van der Waals surface area contributed by atoms with E-state index in [2.05, 4.69) is 5.32 Å². The van der Waals surface area contributed by atoms with Crippen LogP contribution in [0.25, 0.3) is 0 Å². The van der Waals surface area contributed by atoms with Crippen molar-refractivity contribution in [3.63, 3.8) is 0 Å². The Hall–Kier alpha value is -1.07. The van der Waals surface area contributed by atoms with Gasteiger partial charge in [-0.25, -0.2) is 8.42 Å². The van der Waals surface area contributed by atoms with Crippen molar-refractivity contribution in [2.24, 2.45) is 0 Å². The molecule has 0 spiro atoms. The summed E-state index contributed by atoms with van der Waals surface area (Å²) in [7, 11) is -1.29. The zero-order chi connectivity index (χ0) is 14.5. The van der Waals surface area contributed by atoms with E-state index in [-0.39, 0.29) is 17.8 Å². The highest BCUT2D eigenvalue weighted by Gasteiger charge is 2.14. The Labute approximate surface area is 116 Å². The summed E-state index contributed by atoms with van der Waals surface area (Å²) in [4.78, 5) is 0. The fraction of sp³-hybridized carbons (Fsp3) is 0.571. The largest absolute Gasteiger partial charge is 0.496 e. The van der Waals surface area contributed by atoms with Gasteiger partial charge in [-0.05, 0) is 31.9 Å². The molecular weight excluding hydrogens is 262 g/mol. The third-order valence-electron chi connectivity index (χ3n) is 2.84. The SMILES string of the molecule is COc1ccccc1CC(C)NC(C)CS(C)(=O)=O. The summed E-state index contributed by atoms with van der Waals surface area (Å²) in [5.74, 6) is 1.02. The van der Waals surface area contributed by atoms with Crippen LogP contribution >= 0.6 is 0 Å². The maximum atomic E-state index is 11.2. The zero-order valence-electron chi connectivity index (χ0n) is 12.0. The Morgan fingerprint density at radius 2 is 1.84 bits per heavy atom. The van der Waals surface area contributed by atoms with Gasteiger partial charge in [-0.3, -0.25) is 0 Å². The summed E-state index contributed by atoms with van der Waals surface area (Å²) in [5.41, 5.74) is 1.12. The van der Waals surface area contributed by atoms with Crippen LogP contribution in [0.1, 0.15) is 19.4 Å². The number of methoxy groups -OCH3 is 1. The lowest BCUT2D eigenvalue weighted by Gasteiger charge is -2.20. The van der Waals surface area contributed by atoms with Crippen molar-refractivity contribution in [2.75, 3.05) is 19.1 Å². The molecule has 0 bridgehead atoms. The minimum absolute atomic E-state index is 0.0558. The molecule has 5 heteroatoms. The summed E-state index contributed by atoms with van der Waals surface area (Å²) in [6.45, 7) is 3.94. The highest BCUT2D eigenvalue weighted by molar-refractivity contribution is 7.90. The topological polar surface area (TPSA) is 55.4 Å². The van der Waals surface area contributed by atoms with Crippen molar-refractivity contribution < 1.29 is 13.2 Å². The van der Waals surface area contributed by atoms with Gasteiger partial charge in [0.25, 0.3) is 0 Å². The van der Waals surface area contributed by atoms with Crippen LogP contribution in [-0.2, 0) is 16.3 Å². The average Bonchev–Trinajstić information content (AvgIpc) is 2.26. The van der Waals surface area contributed by atoms with Crippen LogP contribution in [0.4, 0.5) is 0 Å². The number of ether oxygens (including phenoxy) is 1. The van der Waals surface area contributed by atoms with Gasteiger partial charge in [0.2, 0.25) is 0 Å². The average molecular weight is 285 g/mol. The summed E-state index contributed by atoms with van der Waals surface area (Å²) in [6.07, 6.45) is 2.06. The molecule has 0 amide bonds. The number of rotatable bonds is 7. The quantitative estimate of drug-likeness (QED) is 0.827. The molecular formula is C14H23NO3S. The van der Waals surface area contributed by atoms with Crippen molar-refractivity contribution in [3.8, 4) is 5.75 Å². The molecule has 0 fully saturated rings. The number of sulfone groups is 1. The molecule has 4 nitrogen and oxygen atoms in total. The molecule has 2 unspecified atom stereocenters. The first-order valence-electron chi connectivity index (χ1n) is 6.37. The number of para-hydroxylation sites is 1. The molecule has 1 aromatic rings. The van der Waals surface area contributed by atoms with Gasteiger partial charge < -0.3 is 10.1 Å². The van der Waals surface area contributed by atoms with Crippen LogP contribution in [-0.4, -0.2) is 39.6 Å². The number of benzene rings is 1. The first kappa shape index (κ1) is 16.0. The van der Waals surface area contributed by atoms with E-state index in [0.717, 1.165) is 17.7 Å². The molecule has 0 aromatic heterocycles. The Balaban J connectivity index is 2.57. The second-order valence-corrected chi connectivity index (χ2v) is 7.26. The molecule has 0 aliphatic rings. The van der Waals surface area contributed by atoms with Crippen LogP contribution in [0.2, 0.25) is 0 Å². The minimum atomic E-state index is -2.94. The highest BCUT2D eigenvalue weighted by atomic mass is 32.2.